The first-order valence-corrected chi connectivity index (χ1v) is 11.6. The van der Waals surface area contributed by atoms with Crippen LogP contribution in [-0.2, 0) is 16.6 Å². The number of methoxy groups -OCH3 is 1. The number of alkyl halides is 3. The normalized spacial score (nSPS) is 11.7. The number of sulfonamides is 1. The van der Waals surface area contributed by atoms with Gasteiger partial charge in [0.05, 0.1) is 24.2 Å². The summed E-state index contributed by atoms with van der Waals surface area (Å²) in [5.74, 6) is -0.625. The molecule has 0 unspecified atom stereocenters. The third kappa shape index (κ3) is 5.88. The summed E-state index contributed by atoms with van der Waals surface area (Å²) in [6.45, 7) is -1.49. The molecular formula is C24H23F3N2O4S. The standard InChI is InChI=1S/C24H23F3N2O4S/c1-28(17-24(25,26)27)23(30)19-11-8-12-20(15-19)34(31,32)29(16-18-9-4-3-5-10-18)21-13-6-7-14-22(21)33-2/h3-15H,16-17H2,1-2H3. The number of carbonyl (C=O) groups excluding carboxylic acids is 1. The van der Waals surface area contributed by atoms with E-state index in [4.69, 9.17) is 4.74 Å². The summed E-state index contributed by atoms with van der Waals surface area (Å²) in [7, 11) is -1.82. The summed E-state index contributed by atoms with van der Waals surface area (Å²) in [4.78, 5) is 12.8. The van der Waals surface area contributed by atoms with Gasteiger partial charge in [0.25, 0.3) is 15.9 Å². The first-order valence-electron chi connectivity index (χ1n) is 10.1. The Kier molecular flexibility index (Phi) is 7.51. The number of carbonyl (C=O) groups is 1. The Balaban J connectivity index is 2.05. The molecule has 0 heterocycles. The van der Waals surface area contributed by atoms with Gasteiger partial charge in [-0.3, -0.25) is 9.10 Å². The van der Waals surface area contributed by atoms with Gasteiger partial charge in [-0.15, -0.1) is 0 Å². The molecule has 180 valence electrons. The van der Waals surface area contributed by atoms with Gasteiger partial charge in [0.2, 0.25) is 0 Å². The molecule has 0 spiro atoms. The van der Waals surface area contributed by atoms with Crippen LogP contribution in [0.2, 0.25) is 0 Å². The number of para-hydroxylation sites is 2. The summed E-state index contributed by atoms with van der Waals surface area (Å²) in [6, 6.07) is 20.4. The Labute approximate surface area is 196 Å². The van der Waals surface area contributed by atoms with E-state index in [0.29, 0.717) is 16.2 Å². The Morgan fingerprint density at radius 1 is 0.941 bits per heavy atom. The van der Waals surface area contributed by atoms with Crippen molar-refractivity contribution in [3.63, 3.8) is 0 Å². The van der Waals surface area contributed by atoms with Crippen LogP contribution in [0.4, 0.5) is 18.9 Å². The number of hydrogen-bond acceptors (Lipinski definition) is 4. The minimum Gasteiger partial charge on any atom is -0.495 e. The molecule has 0 bridgehead atoms. The van der Waals surface area contributed by atoms with Crippen molar-refractivity contribution in [3.8, 4) is 5.75 Å². The van der Waals surface area contributed by atoms with Crippen molar-refractivity contribution >= 4 is 21.6 Å². The molecular weight excluding hydrogens is 469 g/mol. The minimum atomic E-state index is -4.58. The lowest BCUT2D eigenvalue weighted by atomic mass is 10.2. The smallest absolute Gasteiger partial charge is 0.406 e. The lowest BCUT2D eigenvalue weighted by Gasteiger charge is -2.26. The highest BCUT2D eigenvalue weighted by Gasteiger charge is 2.32. The Bertz CT molecular complexity index is 1250. The van der Waals surface area contributed by atoms with Crippen LogP contribution in [0.3, 0.4) is 0 Å². The lowest BCUT2D eigenvalue weighted by Crippen LogP contribution is -2.36. The van der Waals surface area contributed by atoms with Crippen molar-refractivity contribution < 1.29 is 31.1 Å². The number of halogens is 3. The van der Waals surface area contributed by atoms with Gasteiger partial charge in [-0.05, 0) is 35.9 Å². The quantitative estimate of drug-likeness (QED) is 0.456. The van der Waals surface area contributed by atoms with Crippen molar-refractivity contribution in [1.82, 2.24) is 4.90 Å². The fourth-order valence-corrected chi connectivity index (χ4v) is 4.87. The topological polar surface area (TPSA) is 66.9 Å². The number of ether oxygens (including phenoxy) is 1. The van der Waals surface area contributed by atoms with Gasteiger partial charge in [0.1, 0.15) is 12.3 Å². The van der Waals surface area contributed by atoms with Gasteiger partial charge in [0.15, 0.2) is 0 Å². The molecule has 0 saturated carbocycles. The second-order valence-corrected chi connectivity index (χ2v) is 9.34. The minimum absolute atomic E-state index is 0.0320. The van der Waals surface area contributed by atoms with E-state index in [1.54, 1.807) is 54.6 Å². The largest absolute Gasteiger partial charge is 0.495 e. The molecule has 3 rings (SSSR count). The number of benzene rings is 3. The molecule has 0 radical (unpaired) electrons. The summed E-state index contributed by atoms with van der Waals surface area (Å²) in [5, 5.41) is 0. The lowest BCUT2D eigenvalue weighted by molar-refractivity contribution is -0.138. The van der Waals surface area contributed by atoms with Gasteiger partial charge >= 0.3 is 6.18 Å². The van der Waals surface area contributed by atoms with E-state index in [0.717, 1.165) is 17.4 Å². The molecule has 10 heteroatoms. The first-order chi connectivity index (χ1) is 16.0. The molecule has 0 fully saturated rings. The van der Waals surface area contributed by atoms with Crippen LogP contribution in [0, 0.1) is 0 Å². The van der Waals surface area contributed by atoms with Crippen LogP contribution in [0.15, 0.2) is 83.8 Å². The summed E-state index contributed by atoms with van der Waals surface area (Å²) < 4.78 is 72.1. The van der Waals surface area contributed by atoms with Crippen molar-refractivity contribution in [2.24, 2.45) is 0 Å². The Morgan fingerprint density at radius 2 is 1.59 bits per heavy atom. The molecule has 0 aliphatic rings. The van der Waals surface area contributed by atoms with E-state index < -0.39 is 28.7 Å². The summed E-state index contributed by atoms with van der Waals surface area (Å²) in [6.07, 6.45) is -4.58. The zero-order chi connectivity index (χ0) is 24.9. The van der Waals surface area contributed by atoms with Crippen molar-refractivity contribution in [2.45, 2.75) is 17.6 Å². The fourth-order valence-electron chi connectivity index (χ4n) is 3.36. The maximum Gasteiger partial charge on any atom is 0.406 e. The molecule has 0 aliphatic heterocycles. The molecule has 0 atom stereocenters. The van der Waals surface area contributed by atoms with E-state index in [1.807, 2.05) is 0 Å². The fraction of sp³-hybridized carbons (Fsp3) is 0.208. The van der Waals surface area contributed by atoms with Crippen LogP contribution in [0.1, 0.15) is 15.9 Å². The number of hydrogen-bond donors (Lipinski definition) is 0. The zero-order valence-corrected chi connectivity index (χ0v) is 19.3. The van der Waals surface area contributed by atoms with E-state index in [9.17, 15) is 26.4 Å². The maximum atomic E-state index is 13.7. The molecule has 3 aromatic rings. The number of anilines is 1. The maximum absolute atomic E-state index is 13.7. The summed E-state index contributed by atoms with van der Waals surface area (Å²) >= 11 is 0. The highest BCUT2D eigenvalue weighted by atomic mass is 32.2. The molecule has 34 heavy (non-hydrogen) atoms. The van der Waals surface area contributed by atoms with Gasteiger partial charge < -0.3 is 9.64 Å². The number of nitrogens with zero attached hydrogens (tertiary/aromatic N) is 2. The van der Waals surface area contributed by atoms with Crippen molar-refractivity contribution in [1.29, 1.82) is 0 Å². The second-order valence-electron chi connectivity index (χ2n) is 7.47. The Morgan fingerprint density at radius 3 is 2.24 bits per heavy atom. The van der Waals surface area contributed by atoms with Crippen LogP contribution >= 0.6 is 0 Å². The van der Waals surface area contributed by atoms with Crippen LogP contribution in [-0.4, -0.2) is 46.1 Å². The second kappa shape index (κ2) is 10.2. The van der Waals surface area contributed by atoms with Gasteiger partial charge in [-0.1, -0.05) is 48.5 Å². The van der Waals surface area contributed by atoms with Gasteiger partial charge in [0, 0.05) is 12.6 Å². The molecule has 3 aromatic carbocycles. The summed E-state index contributed by atoms with van der Waals surface area (Å²) in [5.41, 5.74) is 0.807. The van der Waals surface area contributed by atoms with Crippen molar-refractivity contribution in [2.75, 3.05) is 25.0 Å². The monoisotopic (exact) mass is 492 g/mol. The van der Waals surface area contributed by atoms with Crippen LogP contribution in [0.25, 0.3) is 0 Å². The third-order valence-electron chi connectivity index (χ3n) is 4.96. The molecule has 0 saturated heterocycles. The van der Waals surface area contributed by atoms with Gasteiger partial charge in [-0.2, -0.15) is 13.2 Å². The number of amides is 1. The molecule has 1 amide bonds. The number of rotatable bonds is 8. The predicted molar refractivity (Wildman–Crippen MR) is 122 cm³/mol. The molecule has 0 aliphatic carbocycles. The average Bonchev–Trinajstić information content (AvgIpc) is 2.81. The van der Waals surface area contributed by atoms with E-state index in [2.05, 4.69) is 0 Å². The van der Waals surface area contributed by atoms with E-state index in [1.165, 1.54) is 25.3 Å². The highest BCUT2D eigenvalue weighted by Crippen LogP contribution is 2.34. The molecule has 0 aromatic heterocycles. The van der Waals surface area contributed by atoms with Crippen LogP contribution in [0.5, 0.6) is 5.75 Å². The van der Waals surface area contributed by atoms with E-state index >= 15 is 0 Å². The zero-order valence-electron chi connectivity index (χ0n) is 18.5. The first kappa shape index (κ1) is 25.1. The van der Waals surface area contributed by atoms with Crippen molar-refractivity contribution in [3.05, 3.63) is 90.0 Å². The third-order valence-corrected chi connectivity index (χ3v) is 6.71. The highest BCUT2D eigenvalue weighted by molar-refractivity contribution is 7.92. The average molecular weight is 493 g/mol. The van der Waals surface area contributed by atoms with Crippen LogP contribution < -0.4 is 9.04 Å². The molecule has 6 nitrogen and oxygen atoms in total. The van der Waals surface area contributed by atoms with E-state index in [-0.39, 0.29) is 22.7 Å². The molecule has 0 N–H and O–H groups in total. The Hall–Kier alpha value is -3.53. The predicted octanol–water partition coefficient (Wildman–Crippen LogP) is 4.73. The van der Waals surface area contributed by atoms with Gasteiger partial charge in [-0.25, -0.2) is 8.42 Å². The SMILES string of the molecule is COc1ccccc1N(Cc1ccccc1)S(=O)(=O)c1cccc(C(=O)N(C)CC(F)(F)F)c1.